The van der Waals surface area contributed by atoms with Crippen LogP contribution in [0, 0.1) is 10.1 Å². The molecule has 0 heterocycles. The van der Waals surface area contributed by atoms with Gasteiger partial charge in [-0.2, -0.15) is 0 Å². The van der Waals surface area contributed by atoms with E-state index in [-0.39, 0.29) is 11.8 Å². The maximum absolute atomic E-state index is 10.8. The highest BCUT2D eigenvalue weighted by Crippen LogP contribution is 2.30. The lowest BCUT2D eigenvalue weighted by molar-refractivity contribution is -0.385. The van der Waals surface area contributed by atoms with E-state index in [9.17, 15) is 10.1 Å². The summed E-state index contributed by atoms with van der Waals surface area (Å²) in [7, 11) is 0. The van der Waals surface area contributed by atoms with Crippen LogP contribution < -0.4 is 4.74 Å². The van der Waals surface area contributed by atoms with Gasteiger partial charge in [0.05, 0.1) is 17.1 Å². The molecule has 0 radical (unpaired) electrons. The molecule has 4 nitrogen and oxygen atoms in total. The molecule has 0 amide bonds. The van der Waals surface area contributed by atoms with Gasteiger partial charge in [-0.3, -0.25) is 10.1 Å². The Morgan fingerprint density at radius 1 is 1.44 bits per heavy atom. The maximum Gasteiger partial charge on any atom is 0.274 e. The minimum absolute atomic E-state index is 0.00676. The van der Waals surface area contributed by atoms with E-state index in [1.807, 2.05) is 19.9 Å². The molecule has 0 saturated carbocycles. The van der Waals surface area contributed by atoms with Crippen LogP contribution in [0.2, 0.25) is 0 Å². The first-order valence-corrected chi connectivity index (χ1v) is 7.20. The van der Waals surface area contributed by atoms with Crippen molar-refractivity contribution in [2.45, 2.75) is 31.3 Å². The lowest BCUT2D eigenvalue weighted by atomic mass is 10.3. The molecule has 0 bridgehead atoms. The molecule has 100 valence electrons. The van der Waals surface area contributed by atoms with Crippen LogP contribution in [0.25, 0.3) is 0 Å². The number of nitrogens with zero attached hydrogens (tertiary/aromatic N) is 1. The summed E-state index contributed by atoms with van der Waals surface area (Å²) in [5.41, 5.74) is 0.0570. The van der Waals surface area contributed by atoms with E-state index in [4.69, 9.17) is 16.3 Å². The number of non-ortho nitro benzene ring substituents is 1. The van der Waals surface area contributed by atoms with Crippen molar-refractivity contribution in [1.29, 1.82) is 0 Å². The van der Waals surface area contributed by atoms with Gasteiger partial charge in [0.2, 0.25) is 0 Å². The van der Waals surface area contributed by atoms with Crippen molar-refractivity contribution in [3.63, 3.8) is 0 Å². The van der Waals surface area contributed by atoms with Crippen molar-refractivity contribution < 1.29 is 9.66 Å². The quantitative estimate of drug-likeness (QED) is 0.249. The monoisotopic (exact) mass is 289 g/mol. The first kappa shape index (κ1) is 15.1. The van der Waals surface area contributed by atoms with Crippen LogP contribution in [0.4, 0.5) is 5.69 Å². The van der Waals surface area contributed by atoms with Crippen molar-refractivity contribution in [3.05, 3.63) is 28.3 Å². The summed E-state index contributed by atoms with van der Waals surface area (Å²) in [4.78, 5) is 11.3. The number of hydrogen-bond acceptors (Lipinski definition) is 4. The summed E-state index contributed by atoms with van der Waals surface area (Å²) < 4.78 is 5.51. The van der Waals surface area contributed by atoms with Gasteiger partial charge in [-0.1, -0.05) is 0 Å². The smallest absolute Gasteiger partial charge is 0.274 e. The predicted octanol–water partition coefficient (Wildman–Crippen LogP) is 4.10. The highest BCUT2D eigenvalue weighted by atomic mass is 35.5. The number of thioether (sulfide) groups is 1. The fourth-order valence-corrected chi connectivity index (χ4v) is 2.55. The molecule has 0 aliphatic rings. The molecule has 0 unspecified atom stereocenters. The van der Waals surface area contributed by atoms with Crippen LogP contribution in [0.3, 0.4) is 0 Å². The van der Waals surface area contributed by atoms with Gasteiger partial charge >= 0.3 is 0 Å². The van der Waals surface area contributed by atoms with Crippen LogP contribution in [0.15, 0.2) is 23.1 Å². The minimum atomic E-state index is -0.404. The standard InChI is InChI=1S/C12H16ClNO3S/c1-9(2)17-11-6-10(14(15)16)7-12(8-11)18-5-3-4-13/h6-9H,3-5H2,1-2H3. The van der Waals surface area contributed by atoms with Crippen LogP contribution in [0.5, 0.6) is 5.75 Å². The highest BCUT2D eigenvalue weighted by Gasteiger charge is 2.11. The lowest BCUT2D eigenvalue weighted by Crippen LogP contribution is -2.05. The van der Waals surface area contributed by atoms with E-state index in [0.29, 0.717) is 11.6 Å². The third kappa shape index (κ3) is 5.14. The third-order valence-corrected chi connectivity index (χ3v) is 3.32. The Kier molecular flexibility index (Phi) is 6.29. The molecule has 1 aromatic carbocycles. The summed E-state index contributed by atoms with van der Waals surface area (Å²) in [6, 6.07) is 4.84. The van der Waals surface area contributed by atoms with Crippen molar-refractivity contribution in [3.8, 4) is 5.75 Å². The second-order valence-electron chi connectivity index (χ2n) is 3.98. The molecule has 0 spiro atoms. The molecule has 0 saturated heterocycles. The Balaban J connectivity index is 2.87. The topological polar surface area (TPSA) is 52.4 Å². The highest BCUT2D eigenvalue weighted by molar-refractivity contribution is 7.99. The normalized spacial score (nSPS) is 10.7. The van der Waals surface area contributed by atoms with E-state index in [1.165, 1.54) is 6.07 Å². The van der Waals surface area contributed by atoms with Gasteiger partial charge in [-0.15, -0.1) is 23.4 Å². The number of ether oxygens (including phenoxy) is 1. The van der Waals surface area contributed by atoms with Crippen LogP contribution in [-0.4, -0.2) is 22.7 Å². The Morgan fingerprint density at radius 3 is 2.72 bits per heavy atom. The molecule has 1 rings (SSSR count). The lowest BCUT2D eigenvalue weighted by Gasteiger charge is -2.10. The third-order valence-electron chi connectivity index (χ3n) is 1.99. The molecule has 18 heavy (non-hydrogen) atoms. The molecule has 0 aliphatic carbocycles. The molecular formula is C12H16ClNO3S. The zero-order valence-corrected chi connectivity index (χ0v) is 12.0. The molecule has 0 fully saturated rings. The van der Waals surface area contributed by atoms with E-state index >= 15 is 0 Å². The van der Waals surface area contributed by atoms with Crippen molar-refractivity contribution in [2.75, 3.05) is 11.6 Å². The molecule has 0 N–H and O–H groups in total. The first-order chi connectivity index (χ1) is 8.52. The molecule has 6 heteroatoms. The van der Waals surface area contributed by atoms with Gasteiger partial charge < -0.3 is 4.74 Å². The Labute approximate surface area is 116 Å². The maximum atomic E-state index is 10.8. The van der Waals surface area contributed by atoms with Gasteiger partial charge in [0.15, 0.2) is 0 Å². The first-order valence-electron chi connectivity index (χ1n) is 5.68. The largest absolute Gasteiger partial charge is 0.491 e. The summed E-state index contributed by atoms with van der Waals surface area (Å²) in [5.74, 6) is 1.97. The molecule has 0 atom stereocenters. The SMILES string of the molecule is CC(C)Oc1cc(SCCCCl)cc([N+](=O)[O-])c1. The number of rotatable bonds is 7. The van der Waals surface area contributed by atoms with Gasteiger partial charge in [-0.05, 0) is 32.1 Å². The molecular weight excluding hydrogens is 274 g/mol. The summed E-state index contributed by atoms with van der Waals surface area (Å²) in [6.45, 7) is 3.78. The van der Waals surface area contributed by atoms with Gasteiger partial charge in [0, 0.05) is 16.8 Å². The van der Waals surface area contributed by atoms with E-state index < -0.39 is 4.92 Å². The summed E-state index contributed by atoms with van der Waals surface area (Å²) in [6.07, 6.45) is 0.864. The van der Waals surface area contributed by atoms with Crippen LogP contribution in [-0.2, 0) is 0 Å². The fourth-order valence-electron chi connectivity index (χ4n) is 1.33. The summed E-state index contributed by atoms with van der Waals surface area (Å²) >= 11 is 7.15. The average molecular weight is 290 g/mol. The van der Waals surface area contributed by atoms with E-state index in [1.54, 1.807) is 17.8 Å². The Morgan fingerprint density at radius 2 is 2.17 bits per heavy atom. The number of nitro groups is 1. The van der Waals surface area contributed by atoms with Gasteiger partial charge in [0.1, 0.15) is 5.75 Å². The number of alkyl halides is 1. The molecule has 1 aromatic rings. The van der Waals surface area contributed by atoms with Crippen molar-refractivity contribution in [1.82, 2.24) is 0 Å². The van der Waals surface area contributed by atoms with E-state index in [2.05, 4.69) is 0 Å². The van der Waals surface area contributed by atoms with Crippen molar-refractivity contribution in [2.24, 2.45) is 0 Å². The zero-order valence-electron chi connectivity index (χ0n) is 10.4. The van der Waals surface area contributed by atoms with Crippen LogP contribution in [0.1, 0.15) is 20.3 Å². The number of hydrogen-bond donors (Lipinski definition) is 0. The Bertz CT molecular complexity index is 412. The number of nitro benzene ring substituents is 1. The van der Waals surface area contributed by atoms with Crippen LogP contribution >= 0.6 is 23.4 Å². The average Bonchev–Trinajstić information content (AvgIpc) is 2.28. The van der Waals surface area contributed by atoms with Gasteiger partial charge in [-0.25, -0.2) is 0 Å². The second kappa shape index (κ2) is 7.48. The second-order valence-corrected chi connectivity index (χ2v) is 5.52. The Hall–Kier alpha value is -0.940. The predicted molar refractivity (Wildman–Crippen MR) is 74.9 cm³/mol. The van der Waals surface area contributed by atoms with Gasteiger partial charge in [0.25, 0.3) is 5.69 Å². The van der Waals surface area contributed by atoms with E-state index in [0.717, 1.165) is 17.1 Å². The fraction of sp³-hybridized carbons (Fsp3) is 0.500. The number of halogens is 1. The number of benzene rings is 1. The molecule has 0 aliphatic heterocycles. The summed E-state index contributed by atoms with van der Waals surface area (Å²) in [5, 5.41) is 10.8. The minimum Gasteiger partial charge on any atom is -0.491 e. The molecule has 0 aromatic heterocycles. The van der Waals surface area contributed by atoms with Crippen molar-refractivity contribution >= 4 is 29.1 Å². The zero-order chi connectivity index (χ0) is 13.5.